The molecule has 20 heavy (non-hydrogen) atoms. The topological polar surface area (TPSA) is 64.6 Å². The van der Waals surface area contributed by atoms with E-state index in [0.29, 0.717) is 6.42 Å². The summed E-state index contributed by atoms with van der Waals surface area (Å²) in [5, 5.41) is 2.67. The molecule has 0 aromatic carbocycles. The van der Waals surface area contributed by atoms with Crippen molar-refractivity contribution in [1.82, 2.24) is 5.32 Å². The maximum atomic E-state index is 13.0. The lowest BCUT2D eigenvalue weighted by Gasteiger charge is -2.31. The van der Waals surface area contributed by atoms with Gasteiger partial charge in [-0.25, -0.2) is 0 Å². The number of carbonyl (C=O) groups is 1. The number of halogens is 1. The molecule has 0 rings (SSSR count). The van der Waals surface area contributed by atoms with Gasteiger partial charge in [-0.2, -0.15) is 0 Å². The van der Waals surface area contributed by atoms with Gasteiger partial charge >= 0.3 is 7.60 Å². The summed E-state index contributed by atoms with van der Waals surface area (Å²) in [5.74, 6) is -1.01. The van der Waals surface area contributed by atoms with Crippen LogP contribution in [0.15, 0.2) is 0 Å². The van der Waals surface area contributed by atoms with Crippen molar-refractivity contribution in [2.24, 2.45) is 5.92 Å². The molecule has 0 aliphatic carbocycles. The number of carbonyl (C=O) groups excluding carboxylic acids is 1. The standard InChI is InChI=1S/C13H27ClNO4P/c1-9(2)7-13(15-12(16)8-14)20(17,18-10(3)4)19-11(5)6/h9-11,13H,7-8H2,1-6H3,(H,15,16)/t13-/m1/s1. The molecule has 7 heteroatoms. The van der Waals surface area contributed by atoms with E-state index < -0.39 is 13.4 Å². The molecule has 0 saturated heterocycles. The lowest BCUT2D eigenvalue weighted by Crippen LogP contribution is -2.38. The number of hydrogen-bond acceptors (Lipinski definition) is 4. The van der Waals surface area contributed by atoms with Crippen molar-refractivity contribution < 1.29 is 18.4 Å². The zero-order chi connectivity index (χ0) is 15.9. The van der Waals surface area contributed by atoms with E-state index in [1.807, 2.05) is 13.8 Å². The molecule has 1 N–H and O–H groups in total. The second-order valence-electron chi connectivity index (χ2n) is 5.69. The van der Waals surface area contributed by atoms with Gasteiger partial charge in [-0.15, -0.1) is 11.6 Å². The van der Waals surface area contributed by atoms with E-state index in [9.17, 15) is 9.36 Å². The van der Waals surface area contributed by atoms with Crippen LogP contribution in [0.3, 0.4) is 0 Å². The van der Waals surface area contributed by atoms with Gasteiger partial charge < -0.3 is 14.4 Å². The van der Waals surface area contributed by atoms with Crippen LogP contribution in [0, 0.1) is 5.92 Å². The number of alkyl halides is 1. The summed E-state index contributed by atoms with van der Waals surface area (Å²) in [4.78, 5) is 11.5. The maximum Gasteiger partial charge on any atom is 0.353 e. The fourth-order valence-corrected chi connectivity index (χ4v) is 4.28. The molecular weight excluding hydrogens is 301 g/mol. The van der Waals surface area contributed by atoms with E-state index in [2.05, 4.69) is 5.32 Å². The highest BCUT2D eigenvalue weighted by atomic mass is 35.5. The first-order chi connectivity index (χ1) is 9.10. The van der Waals surface area contributed by atoms with Gasteiger partial charge in [0.1, 0.15) is 11.7 Å². The van der Waals surface area contributed by atoms with Crippen molar-refractivity contribution >= 4 is 25.1 Å². The summed E-state index contributed by atoms with van der Waals surface area (Å²) in [5.41, 5.74) is 0. The monoisotopic (exact) mass is 327 g/mol. The third-order valence-corrected chi connectivity index (χ3v) is 5.02. The Morgan fingerprint density at radius 3 is 1.85 bits per heavy atom. The highest BCUT2D eigenvalue weighted by Crippen LogP contribution is 2.55. The number of nitrogens with one attached hydrogen (secondary N) is 1. The smallest absolute Gasteiger partial charge is 0.341 e. The lowest BCUT2D eigenvalue weighted by atomic mass is 10.1. The molecule has 1 amide bonds. The third kappa shape index (κ3) is 7.63. The van der Waals surface area contributed by atoms with E-state index in [1.54, 1.807) is 27.7 Å². The van der Waals surface area contributed by atoms with Crippen molar-refractivity contribution in [2.75, 3.05) is 5.88 Å². The average Bonchev–Trinajstić information content (AvgIpc) is 2.24. The molecular formula is C13H27ClNO4P. The summed E-state index contributed by atoms with van der Waals surface area (Å²) in [6.07, 6.45) is -0.0244. The Bertz CT molecular complexity index is 333. The normalized spacial score (nSPS) is 14.1. The molecule has 120 valence electrons. The number of rotatable bonds is 9. The molecule has 0 bridgehead atoms. The largest absolute Gasteiger partial charge is 0.353 e. The molecule has 0 fully saturated rings. The van der Waals surface area contributed by atoms with Crippen molar-refractivity contribution in [3.63, 3.8) is 0 Å². The first kappa shape index (κ1) is 19.9. The molecule has 0 saturated carbocycles. The summed E-state index contributed by atoms with van der Waals surface area (Å²) in [6, 6.07) is 0. The van der Waals surface area contributed by atoms with Crippen LogP contribution in [-0.2, 0) is 18.4 Å². The van der Waals surface area contributed by atoms with Crippen molar-refractivity contribution in [3.05, 3.63) is 0 Å². The van der Waals surface area contributed by atoms with E-state index in [4.69, 9.17) is 20.6 Å². The van der Waals surface area contributed by atoms with Gasteiger partial charge in [-0.1, -0.05) is 13.8 Å². The van der Waals surface area contributed by atoms with Crippen LogP contribution in [0.1, 0.15) is 48.0 Å². The molecule has 0 heterocycles. The van der Waals surface area contributed by atoms with Crippen molar-refractivity contribution in [3.8, 4) is 0 Å². The fraction of sp³-hybridized carbons (Fsp3) is 0.923. The number of hydrogen-bond donors (Lipinski definition) is 1. The van der Waals surface area contributed by atoms with E-state index >= 15 is 0 Å². The minimum atomic E-state index is -3.45. The van der Waals surface area contributed by atoms with Crippen LogP contribution in [-0.4, -0.2) is 29.8 Å². The predicted octanol–water partition coefficient (Wildman–Crippen LogP) is 3.76. The first-order valence-corrected chi connectivity index (χ1v) is 9.07. The summed E-state index contributed by atoms with van der Waals surface area (Å²) in [7, 11) is -3.45. The van der Waals surface area contributed by atoms with E-state index in [1.165, 1.54) is 0 Å². The van der Waals surface area contributed by atoms with Crippen LogP contribution in [0.4, 0.5) is 0 Å². The quantitative estimate of drug-likeness (QED) is 0.517. The Morgan fingerprint density at radius 1 is 1.10 bits per heavy atom. The predicted molar refractivity (Wildman–Crippen MR) is 82.2 cm³/mol. The van der Waals surface area contributed by atoms with Crippen molar-refractivity contribution in [1.29, 1.82) is 0 Å². The van der Waals surface area contributed by atoms with Gasteiger partial charge in [-0.3, -0.25) is 9.36 Å². The van der Waals surface area contributed by atoms with Gasteiger partial charge in [0.05, 0.1) is 12.2 Å². The second kappa shape index (κ2) is 9.04. The lowest BCUT2D eigenvalue weighted by molar-refractivity contribution is -0.119. The molecule has 0 aromatic rings. The molecule has 0 aliphatic rings. The Balaban J connectivity index is 5.25. The van der Waals surface area contributed by atoms with E-state index in [-0.39, 0.29) is 29.9 Å². The van der Waals surface area contributed by atoms with Crippen LogP contribution in [0.5, 0.6) is 0 Å². The van der Waals surface area contributed by atoms with Crippen LogP contribution in [0.25, 0.3) is 0 Å². The summed E-state index contributed by atoms with van der Waals surface area (Å²) in [6.45, 7) is 11.1. The molecule has 0 spiro atoms. The summed E-state index contributed by atoms with van der Waals surface area (Å²) >= 11 is 5.51. The molecule has 0 radical (unpaired) electrons. The van der Waals surface area contributed by atoms with Crippen LogP contribution < -0.4 is 5.32 Å². The van der Waals surface area contributed by atoms with Gasteiger partial charge in [-0.05, 0) is 40.0 Å². The third-order valence-electron chi connectivity index (χ3n) is 2.24. The Labute approximate surface area is 127 Å². The van der Waals surface area contributed by atoms with Gasteiger partial charge in [0.15, 0.2) is 0 Å². The molecule has 5 nitrogen and oxygen atoms in total. The zero-order valence-corrected chi connectivity index (χ0v) is 14.8. The van der Waals surface area contributed by atoms with Gasteiger partial charge in [0.25, 0.3) is 0 Å². The molecule has 0 aromatic heterocycles. The fourth-order valence-electron chi connectivity index (χ4n) is 1.70. The first-order valence-electron chi connectivity index (χ1n) is 6.92. The van der Waals surface area contributed by atoms with Crippen LogP contribution >= 0.6 is 19.2 Å². The molecule has 1 atom stereocenters. The maximum absolute atomic E-state index is 13.0. The highest BCUT2D eigenvalue weighted by Gasteiger charge is 2.39. The zero-order valence-electron chi connectivity index (χ0n) is 13.2. The Hall–Kier alpha value is -0.0900. The molecule has 0 aliphatic heterocycles. The van der Waals surface area contributed by atoms with Crippen LogP contribution in [0.2, 0.25) is 0 Å². The SMILES string of the molecule is CC(C)C[C@H](NC(=O)CCl)P(=O)(OC(C)C)OC(C)C. The van der Waals surface area contributed by atoms with Crippen molar-refractivity contribution in [2.45, 2.75) is 66.0 Å². The van der Waals surface area contributed by atoms with E-state index in [0.717, 1.165) is 0 Å². The average molecular weight is 328 g/mol. The van der Waals surface area contributed by atoms with Gasteiger partial charge in [0.2, 0.25) is 5.91 Å². The minimum Gasteiger partial charge on any atom is -0.341 e. The Morgan fingerprint density at radius 2 is 1.55 bits per heavy atom. The minimum absolute atomic E-state index is 0.183. The van der Waals surface area contributed by atoms with Gasteiger partial charge in [0, 0.05) is 0 Å². The number of amides is 1. The summed E-state index contributed by atoms with van der Waals surface area (Å²) < 4.78 is 24.1. The second-order valence-corrected chi connectivity index (χ2v) is 8.09. The highest BCUT2D eigenvalue weighted by molar-refractivity contribution is 7.54. The molecule has 0 unspecified atom stereocenters. The Kier molecular flexibility index (Phi) is 8.99.